The molecule has 0 aromatic rings. The standard InChI is InChI=1S/C14H25NO10/c16-2-4-8(18)11(21)7-9(19)5(1-15(4)7)24-14-13(23)12(22)10(20)6(3-17)25-14/h4-14,16-23H,1-3H2/t4-,5+,6?,7-,8-,9+,10-,11-,12?,13+,14+/m1/s1. The fourth-order valence-electron chi connectivity index (χ4n) is 3.92. The van der Waals surface area contributed by atoms with Gasteiger partial charge < -0.3 is 50.3 Å². The van der Waals surface area contributed by atoms with Gasteiger partial charge in [0, 0.05) is 6.54 Å². The molecule has 3 saturated heterocycles. The smallest absolute Gasteiger partial charge is 0.187 e. The van der Waals surface area contributed by atoms with Crippen molar-refractivity contribution in [2.45, 2.75) is 67.2 Å². The van der Waals surface area contributed by atoms with E-state index in [0.717, 1.165) is 0 Å². The zero-order valence-electron chi connectivity index (χ0n) is 13.3. The molecule has 11 atom stereocenters. The van der Waals surface area contributed by atoms with E-state index >= 15 is 0 Å². The molecule has 2 unspecified atom stereocenters. The molecule has 0 aromatic heterocycles. The summed E-state index contributed by atoms with van der Waals surface area (Å²) in [5.74, 6) is 0. The first kappa shape index (κ1) is 19.3. The normalized spacial score (nSPS) is 54.0. The maximum atomic E-state index is 10.4. The van der Waals surface area contributed by atoms with E-state index in [2.05, 4.69) is 0 Å². The summed E-state index contributed by atoms with van der Waals surface area (Å²) in [6, 6.07) is -1.62. The van der Waals surface area contributed by atoms with Crippen LogP contribution in [-0.4, -0.2) is 133 Å². The summed E-state index contributed by atoms with van der Waals surface area (Å²) < 4.78 is 10.8. The molecule has 3 fully saturated rings. The summed E-state index contributed by atoms with van der Waals surface area (Å²) in [5.41, 5.74) is 0. The highest BCUT2D eigenvalue weighted by Crippen LogP contribution is 2.36. The molecule has 3 rings (SSSR count). The lowest BCUT2D eigenvalue weighted by molar-refractivity contribution is -0.314. The molecule has 3 aliphatic rings. The van der Waals surface area contributed by atoms with Gasteiger partial charge in [-0.3, -0.25) is 4.90 Å². The van der Waals surface area contributed by atoms with Gasteiger partial charge >= 0.3 is 0 Å². The molecule has 0 saturated carbocycles. The van der Waals surface area contributed by atoms with Crippen LogP contribution in [0.25, 0.3) is 0 Å². The lowest BCUT2D eigenvalue weighted by Crippen LogP contribution is -2.60. The van der Waals surface area contributed by atoms with Gasteiger partial charge in [-0.15, -0.1) is 0 Å². The van der Waals surface area contributed by atoms with Crippen LogP contribution in [0.15, 0.2) is 0 Å². The minimum absolute atomic E-state index is 0.0419. The molecule has 3 heterocycles. The van der Waals surface area contributed by atoms with E-state index in [9.17, 15) is 40.9 Å². The number of fused-ring (bicyclic) bond motifs is 1. The van der Waals surface area contributed by atoms with E-state index in [1.165, 1.54) is 4.90 Å². The first-order valence-corrected chi connectivity index (χ1v) is 8.18. The van der Waals surface area contributed by atoms with E-state index in [1.54, 1.807) is 0 Å². The third-order valence-corrected chi connectivity index (χ3v) is 5.37. The number of hydrogen-bond acceptors (Lipinski definition) is 11. The van der Waals surface area contributed by atoms with Gasteiger partial charge in [0.1, 0.15) is 30.5 Å². The van der Waals surface area contributed by atoms with Crippen molar-refractivity contribution in [3.8, 4) is 0 Å². The Kier molecular flexibility index (Phi) is 5.63. The Balaban J connectivity index is 1.70. The first-order chi connectivity index (χ1) is 11.8. The Morgan fingerprint density at radius 3 is 2.08 bits per heavy atom. The van der Waals surface area contributed by atoms with E-state index in [-0.39, 0.29) is 6.54 Å². The monoisotopic (exact) mass is 367 g/mol. The molecule has 11 nitrogen and oxygen atoms in total. The van der Waals surface area contributed by atoms with Crippen LogP contribution in [0, 0.1) is 0 Å². The molecule has 0 spiro atoms. The Labute approximate surface area is 143 Å². The second-order valence-corrected chi connectivity index (χ2v) is 6.78. The zero-order valence-corrected chi connectivity index (χ0v) is 13.3. The van der Waals surface area contributed by atoms with Crippen molar-refractivity contribution in [1.29, 1.82) is 0 Å². The third-order valence-electron chi connectivity index (χ3n) is 5.37. The molecule has 3 aliphatic heterocycles. The quantitative estimate of drug-likeness (QED) is 0.237. The Morgan fingerprint density at radius 1 is 0.800 bits per heavy atom. The van der Waals surface area contributed by atoms with E-state index in [1.807, 2.05) is 0 Å². The lowest BCUT2D eigenvalue weighted by Gasteiger charge is -2.40. The molecule has 146 valence electrons. The molecule has 0 aliphatic carbocycles. The molecule has 11 heteroatoms. The van der Waals surface area contributed by atoms with Crippen molar-refractivity contribution in [1.82, 2.24) is 4.90 Å². The number of nitrogens with zero attached hydrogens (tertiary/aromatic N) is 1. The van der Waals surface area contributed by atoms with Gasteiger partial charge in [0.25, 0.3) is 0 Å². The SMILES string of the molecule is OCC1O[C@H](O[C@H]2CN3[C@H]([C@H]2O)[C@@H](O)[C@H](O)[C@H]3CO)[C@@H](O)C(O)[C@@H]1O. The summed E-state index contributed by atoms with van der Waals surface area (Å²) >= 11 is 0. The van der Waals surface area contributed by atoms with Crippen LogP contribution in [0.1, 0.15) is 0 Å². The van der Waals surface area contributed by atoms with Crippen molar-refractivity contribution < 1.29 is 50.3 Å². The Morgan fingerprint density at radius 2 is 1.48 bits per heavy atom. The average Bonchev–Trinajstić information content (AvgIpc) is 3.03. The van der Waals surface area contributed by atoms with E-state index < -0.39 is 80.4 Å². The number of aliphatic hydroxyl groups is 8. The highest BCUT2D eigenvalue weighted by Gasteiger charge is 2.58. The molecule has 25 heavy (non-hydrogen) atoms. The fourth-order valence-corrected chi connectivity index (χ4v) is 3.92. The van der Waals surface area contributed by atoms with Crippen molar-refractivity contribution >= 4 is 0 Å². The van der Waals surface area contributed by atoms with Crippen LogP contribution >= 0.6 is 0 Å². The van der Waals surface area contributed by atoms with Crippen LogP contribution in [0.3, 0.4) is 0 Å². The number of aliphatic hydroxyl groups excluding tert-OH is 8. The highest BCUT2D eigenvalue weighted by atomic mass is 16.7. The Bertz CT molecular complexity index is 467. The summed E-state index contributed by atoms with van der Waals surface area (Å²) in [4.78, 5) is 1.52. The maximum absolute atomic E-state index is 10.4. The largest absolute Gasteiger partial charge is 0.395 e. The van der Waals surface area contributed by atoms with E-state index in [4.69, 9.17) is 9.47 Å². The van der Waals surface area contributed by atoms with Crippen LogP contribution in [-0.2, 0) is 9.47 Å². The Hall–Kier alpha value is -0.440. The zero-order chi connectivity index (χ0) is 18.5. The predicted molar refractivity (Wildman–Crippen MR) is 78.0 cm³/mol. The summed E-state index contributed by atoms with van der Waals surface area (Å²) in [5, 5.41) is 78.5. The van der Waals surface area contributed by atoms with Gasteiger partial charge in [-0.25, -0.2) is 0 Å². The number of ether oxygens (including phenoxy) is 2. The van der Waals surface area contributed by atoms with Crippen molar-refractivity contribution in [2.24, 2.45) is 0 Å². The average molecular weight is 367 g/mol. The second-order valence-electron chi connectivity index (χ2n) is 6.78. The summed E-state index contributed by atoms with van der Waals surface area (Å²) in [6.07, 6.45) is -12.0. The number of rotatable bonds is 4. The molecule has 0 radical (unpaired) electrons. The third kappa shape index (κ3) is 3.09. The predicted octanol–water partition coefficient (Wildman–Crippen LogP) is -5.69. The summed E-state index contributed by atoms with van der Waals surface area (Å²) in [7, 11) is 0. The maximum Gasteiger partial charge on any atom is 0.187 e. The summed E-state index contributed by atoms with van der Waals surface area (Å²) in [6.45, 7) is -0.987. The van der Waals surface area contributed by atoms with Crippen molar-refractivity contribution in [3.05, 3.63) is 0 Å². The highest BCUT2D eigenvalue weighted by molar-refractivity contribution is 5.10. The first-order valence-electron chi connectivity index (χ1n) is 8.18. The van der Waals surface area contributed by atoms with Crippen LogP contribution in [0.2, 0.25) is 0 Å². The van der Waals surface area contributed by atoms with Crippen LogP contribution in [0.5, 0.6) is 0 Å². The lowest BCUT2D eigenvalue weighted by atomic mass is 9.99. The molecule has 0 amide bonds. The molecular formula is C14H25NO10. The topological polar surface area (TPSA) is 184 Å². The fraction of sp³-hybridized carbons (Fsp3) is 1.00. The molecule has 0 bridgehead atoms. The van der Waals surface area contributed by atoms with E-state index in [0.29, 0.717) is 0 Å². The van der Waals surface area contributed by atoms with Crippen molar-refractivity contribution in [2.75, 3.05) is 19.8 Å². The second kappa shape index (κ2) is 7.29. The molecular weight excluding hydrogens is 342 g/mol. The molecule has 8 N–H and O–H groups in total. The van der Waals surface area contributed by atoms with Crippen molar-refractivity contribution in [3.63, 3.8) is 0 Å². The van der Waals surface area contributed by atoms with Gasteiger partial charge in [-0.05, 0) is 0 Å². The molecule has 0 aromatic carbocycles. The van der Waals surface area contributed by atoms with Gasteiger partial charge in [0.2, 0.25) is 0 Å². The van der Waals surface area contributed by atoms with Gasteiger partial charge in [-0.1, -0.05) is 0 Å². The van der Waals surface area contributed by atoms with Crippen LogP contribution in [0.4, 0.5) is 0 Å². The minimum Gasteiger partial charge on any atom is -0.395 e. The van der Waals surface area contributed by atoms with Gasteiger partial charge in [-0.2, -0.15) is 0 Å². The number of hydrogen-bond donors (Lipinski definition) is 8. The van der Waals surface area contributed by atoms with Crippen LogP contribution < -0.4 is 0 Å². The van der Waals surface area contributed by atoms with Gasteiger partial charge in [0.15, 0.2) is 6.29 Å². The minimum atomic E-state index is -1.61. The van der Waals surface area contributed by atoms with Gasteiger partial charge in [0.05, 0.1) is 43.6 Å².